The van der Waals surface area contributed by atoms with Gasteiger partial charge in [0.25, 0.3) is 5.91 Å². The number of phenolic OH excluding ortho intramolecular Hbond substituents is 1. The van der Waals surface area contributed by atoms with Crippen molar-refractivity contribution < 1.29 is 44.0 Å². The maximum absolute atomic E-state index is 14.3. The topological polar surface area (TPSA) is 186 Å². The van der Waals surface area contributed by atoms with Crippen LogP contribution in [0.25, 0.3) is 0 Å². The molecular formula is C38H48N5O9. The SMILES string of the molecule is Cc1cc(C[C@@H](OC(=O)N2CCC(N3CCc4ccccc4NC3=O)CC2)C(=O)N2CCC([N+]3CCCCC3C(=O)[O-])CC2C(=O)O)cc(C)c1O. The molecule has 0 saturated carbocycles. The summed E-state index contributed by atoms with van der Waals surface area (Å²) in [6.07, 6.45) is 2.02. The second-order valence-electron chi connectivity index (χ2n) is 14.5. The molecule has 4 aliphatic heterocycles. The first kappa shape index (κ1) is 36.9. The number of ether oxygens (including phenoxy) is 1. The number of carbonyl (C=O) groups is 5. The predicted molar refractivity (Wildman–Crippen MR) is 188 cm³/mol. The van der Waals surface area contributed by atoms with E-state index in [0.717, 1.165) is 24.1 Å². The number of piperidine rings is 3. The zero-order chi connectivity index (χ0) is 37.1. The third kappa shape index (κ3) is 7.96. The summed E-state index contributed by atoms with van der Waals surface area (Å²) in [7, 11) is 0. The first-order valence-electron chi connectivity index (χ1n) is 18.3. The zero-order valence-electron chi connectivity index (χ0n) is 29.8. The molecule has 4 amide bonds. The van der Waals surface area contributed by atoms with E-state index in [9.17, 15) is 39.3 Å². The predicted octanol–water partition coefficient (Wildman–Crippen LogP) is 2.50. The number of nitrogens with zero attached hydrogens (tertiary/aromatic N) is 4. The maximum Gasteiger partial charge on any atom is 0.410 e. The average molecular weight is 719 g/mol. The zero-order valence-corrected chi connectivity index (χ0v) is 29.8. The van der Waals surface area contributed by atoms with Crippen LogP contribution >= 0.6 is 0 Å². The molecule has 52 heavy (non-hydrogen) atoms. The molecule has 2 aromatic carbocycles. The summed E-state index contributed by atoms with van der Waals surface area (Å²) in [6, 6.07) is 8.45. The highest BCUT2D eigenvalue weighted by molar-refractivity contribution is 5.91. The summed E-state index contributed by atoms with van der Waals surface area (Å²) in [5.74, 6) is -2.92. The Balaban J connectivity index is 1.15. The number of phenols is 1. The van der Waals surface area contributed by atoms with Gasteiger partial charge in [0.15, 0.2) is 12.1 Å². The lowest BCUT2D eigenvalue weighted by molar-refractivity contribution is -0.311. The van der Waals surface area contributed by atoms with Gasteiger partial charge in [-0.25, -0.2) is 14.4 Å². The summed E-state index contributed by atoms with van der Waals surface area (Å²) in [6.45, 7) is 5.17. The number of nitrogens with one attached hydrogen (secondary N) is 1. The Labute approximate surface area is 303 Å². The normalized spacial score (nSPS) is 23.6. The van der Waals surface area contributed by atoms with E-state index in [1.54, 1.807) is 26.0 Å². The van der Waals surface area contributed by atoms with Gasteiger partial charge in [0.05, 0.1) is 0 Å². The Bertz CT molecular complexity index is 1670. The largest absolute Gasteiger partial charge is 0.544 e. The number of aliphatic carboxylic acids is 2. The smallest absolute Gasteiger partial charge is 0.410 e. The summed E-state index contributed by atoms with van der Waals surface area (Å²) < 4.78 is 5.95. The molecular weight excluding hydrogens is 670 g/mol. The number of carboxylic acids is 2. The monoisotopic (exact) mass is 718 g/mol. The van der Waals surface area contributed by atoms with E-state index in [-0.39, 0.29) is 43.3 Å². The van der Waals surface area contributed by atoms with Gasteiger partial charge in [0.1, 0.15) is 30.3 Å². The van der Waals surface area contributed by atoms with Gasteiger partial charge in [-0.1, -0.05) is 30.3 Å². The maximum atomic E-state index is 14.3. The number of anilines is 1. The molecule has 6 rings (SSSR count). The third-order valence-electron chi connectivity index (χ3n) is 11.2. The fourth-order valence-corrected chi connectivity index (χ4v) is 8.43. The first-order valence-corrected chi connectivity index (χ1v) is 18.3. The number of benzene rings is 2. The molecule has 14 heteroatoms. The number of para-hydroxylation sites is 1. The Kier molecular flexibility index (Phi) is 11.2. The molecule has 3 N–H and O–H groups in total. The second kappa shape index (κ2) is 15.8. The van der Waals surface area contributed by atoms with Crippen molar-refractivity contribution in [3.05, 3.63) is 58.7 Å². The first-order chi connectivity index (χ1) is 24.9. The summed E-state index contributed by atoms with van der Waals surface area (Å²) in [5, 5.41) is 35.6. The van der Waals surface area contributed by atoms with Crippen molar-refractivity contribution in [2.45, 2.75) is 102 Å². The van der Waals surface area contributed by atoms with Crippen LogP contribution in [0.4, 0.5) is 15.3 Å². The molecule has 2 aromatic rings. The molecule has 0 spiro atoms. The van der Waals surface area contributed by atoms with E-state index in [0.29, 0.717) is 75.0 Å². The molecule has 1 radical (unpaired) electrons. The van der Waals surface area contributed by atoms with Gasteiger partial charge in [0, 0.05) is 70.0 Å². The number of carboxylic acid groups (broad SMARTS) is 2. The van der Waals surface area contributed by atoms with Crippen LogP contribution in [0.15, 0.2) is 36.4 Å². The number of rotatable bonds is 8. The van der Waals surface area contributed by atoms with Crippen molar-refractivity contribution in [2.24, 2.45) is 0 Å². The number of amides is 4. The molecule has 3 unspecified atom stereocenters. The van der Waals surface area contributed by atoms with Gasteiger partial charge in [-0.15, -0.1) is 0 Å². The summed E-state index contributed by atoms with van der Waals surface area (Å²) in [4.78, 5) is 72.1. The van der Waals surface area contributed by atoms with Crippen LogP contribution in [0.1, 0.15) is 67.2 Å². The molecule has 3 saturated heterocycles. The number of aryl methyl sites for hydroxylation is 2. The highest BCUT2D eigenvalue weighted by Crippen LogP contribution is 2.30. The number of fused-ring (bicyclic) bond motifs is 1. The highest BCUT2D eigenvalue weighted by atomic mass is 16.6. The van der Waals surface area contributed by atoms with Gasteiger partial charge in [-0.05, 0) is 67.9 Å². The Morgan fingerprint density at radius 3 is 2.40 bits per heavy atom. The van der Waals surface area contributed by atoms with Gasteiger partial charge < -0.3 is 44.9 Å². The van der Waals surface area contributed by atoms with Crippen LogP contribution in [-0.2, 0) is 32.0 Å². The number of hydrogen-bond donors (Lipinski definition) is 3. The molecule has 4 aliphatic rings. The minimum Gasteiger partial charge on any atom is -0.544 e. The van der Waals surface area contributed by atoms with E-state index in [1.807, 2.05) is 34.1 Å². The standard InChI is InChI=1S/C38H49N5O9/c1-23-19-25(20-24(2)33(23)44)21-32(34(45)43-18-13-28(22-31(43)36(48)49)41-14-6-5-9-30(41)35(46)47)52-38(51)40-15-11-27(12-16-40)42-17-10-26-7-3-4-8-29(26)39-37(42)50/h3-4,7-8,19-20,27-28,30-32,44H,5-6,9-18,21-22H2,1-2H3,(H,39,50)(H,46,47)(H,48,49)/q+1/p-1/t28?,30?,31?,32-/m1/s1. The van der Waals surface area contributed by atoms with E-state index in [2.05, 4.69) is 5.32 Å². The van der Waals surface area contributed by atoms with Crippen molar-refractivity contribution in [1.29, 1.82) is 0 Å². The number of carbonyl (C=O) groups excluding carboxylic acids is 4. The fraction of sp³-hybridized carbons (Fsp3) is 0.553. The van der Waals surface area contributed by atoms with Crippen LogP contribution in [0.3, 0.4) is 0 Å². The van der Waals surface area contributed by atoms with Crippen molar-refractivity contribution in [3.8, 4) is 5.75 Å². The second-order valence-corrected chi connectivity index (χ2v) is 14.5. The number of hydrogen-bond acceptors (Lipinski definition) is 9. The molecule has 0 aliphatic carbocycles. The van der Waals surface area contributed by atoms with Crippen LogP contribution in [0, 0.1) is 13.8 Å². The minimum atomic E-state index is -1.35. The van der Waals surface area contributed by atoms with Crippen LogP contribution in [0.2, 0.25) is 0 Å². The number of aromatic hydroxyl groups is 1. The van der Waals surface area contributed by atoms with Gasteiger partial charge in [-0.2, -0.15) is 4.90 Å². The van der Waals surface area contributed by atoms with Gasteiger partial charge in [-0.3, -0.25) is 4.79 Å². The quantitative estimate of drug-likeness (QED) is 0.345. The van der Waals surface area contributed by atoms with E-state index >= 15 is 0 Å². The van der Waals surface area contributed by atoms with Crippen LogP contribution in [-0.4, -0.2) is 118 Å². The molecule has 279 valence electrons. The molecule has 3 fully saturated rings. The third-order valence-corrected chi connectivity index (χ3v) is 11.2. The Morgan fingerprint density at radius 2 is 1.71 bits per heavy atom. The van der Waals surface area contributed by atoms with Crippen molar-refractivity contribution in [2.75, 3.05) is 38.0 Å². The Morgan fingerprint density at radius 1 is 1.00 bits per heavy atom. The van der Waals surface area contributed by atoms with Crippen molar-refractivity contribution >= 4 is 35.7 Å². The molecule has 0 aromatic heterocycles. The van der Waals surface area contributed by atoms with Crippen LogP contribution in [0.5, 0.6) is 5.75 Å². The number of likely N-dealkylation sites (tertiary alicyclic amines) is 3. The van der Waals surface area contributed by atoms with E-state index in [1.165, 1.54) is 9.80 Å². The van der Waals surface area contributed by atoms with Crippen LogP contribution < -0.4 is 15.3 Å². The lowest BCUT2D eigenvalue weighted by Gasteiger charge is -2.41. The highest BCUT2D eigenvalue weighted by Gasteiger charge is 2.47. The Hall–Kier alpha value is -4.85. The lowest BCUT2D eigenvalue weighted by atomic mass is 9.90. The van der Waals surface area contributed by atoms with E-state index < -0.39 is 42.1 Å². The summed E-state index contributed by atoms with van der Waals surface area (Å²) >= 11 is 0. The van der Waals surface area contributed by atoms with Gasteiger partial charge >= 0.3 is 18.1 Å². The van der Waals surface area contributed by atoms with E-state index in [4.69, 9.17) is 4.74 Å². The van der Waals surface area contributed by atoms with Crippen molar-refractivity contribution in [3.63, 3.8) is 0 Å². The van der Waals surface area contributed by atoms with Gasteiger partial charge in [0.2, 0.25) is 0 Å². The molecule has 14 nitrogen and oxygen atoms in total. The molecule has 4 atom stereocenters. The average Bonchev–Trinajstić information content (AvgIpc) is 3.30. The number of urea groups is 1. The molecule has 0 bridgehead atoms. The molecule has 4 heterocycles. The minimum absolute atomic E-state index is 0.0334. The lowest BCUT2D eigenvalue weighted by Crippen LogP contribution is -2.63. The fourth-order valence-electron chi connectivity index (χ4n) is 8.43. The summed E-state index contributed by atoms with van der Waals surface area (Å²) in [5.41, 5.74) is 3.68. The van der Waals surface area contributed by atoms with Crippen molar-refractivity contribution in [1.82, 2.24) is 19.6 Å².